The number of halogens is 1. The number of fused-ring (bicyclic) bond motifs is 1. The minimum absolute atomic E-state index is 0.187. The van der Waals surface area contributed by atoms with Crippen LogP contribution in [0.2, 0.25) is 5.02 Å². The van der Waals surface area contributed by atoms with Crippen LogP contribution in [0.25, 0.3) is 11.0 Å². The van der Waals surface area contributed by atoms with Crippen LogP contribution in [0.5, 0.6) is 0 Å². The molecule has 0 saturated heterocycles. The van der Waals surface area contributed by atoms with E-state index in [1.54, 1.807) is 11.8 Å². The van der Waals surface area contributed by atoms with Gasteiger partial charge in [-0.25, -0.2) is 0 Å². The van der Waals surface area contributed by atoms with Gasteiger partial charge in [0.15, 0.2) is 5.76 Å². The maximum Gasteiger partial charge on any atom is 0.287 e. The van der Waals surface area contributed by atoms with Gasteiger partial charge in [0.05, 0.1) is 5.02 Å². The molecule has 0 unspecified atom stereocenters. The molecule has 0 fully saturated rings. The summed E-state index contributed by atoms with van der Waals surface area (Å²) in [6.07, 6.45) is 1.74. The average Bonchev–Trinajstić information content (AvgIpc) is 3.03. The van der Waals surface area contributed by atoms with Gasteiger partial charge in [-0.2, -0.15) is 0 Å². The fourth-order valence-electron chi connectivity index (χ4n) is 2.69. The van der Waals surface area contributed by atoms with E-state index >= 15 is 0 Å². The lowest BCUT2D eigenvalue weighted by atomic mass is 10.1. The van der Waals surface area contributed by atoms with Crippen LogP contribution in [0.4, 0.5) is 0 Å². The number of amides is 1. The Morgan fingerprint density at radius 3 is 2.69 bits per heavy atom. The topological polar surface area (TPSA) is 68.3 Å². The van der Waals surface area contributed by atoms with E-state index in [-0.39, 0.29) is 5.91 Å². The summed E-state index contributed by atoms with van der Waals surface area (Å²) in [6, 6.07) is 15.4. The number of nitrogens with two attached hydrogens (primary N) is 1. The minimum Gasteiger partial charge on any atom is -0.451 e. The summed E-state index contributed by atoms with van der Waals surface area (Å²) >= 11 is 7.84. The molecule has 0 saturated carbocycles. The first-order valence-corrected chi connectivity index (χ1v) is 9.93. The molecule has 0 aliphatic rings. The zero-order valence-corrected chi connectivity index (χ0v) is 15.9. The Bertz CT molecular complexity index is 894. The maximum absolute atomic E-state index is 12.6. The van der Waals surface area contributed by atoms with Crippen molar-refractivity contribution in [2.75, 3.05) is 13.1 Å². The van der Waals surface area contributed by atoms with Crippen molar-refractivity contribution in [2.45, 2.75) is 23.5 Å². The first-order chi connectivity index (χ1) is 12.7. The van der Waals surface area contributed by atoms with Crippen molar-refractivity contribution in [3.8, 4) is 0 Å². The molecule has 1 aromatic heterocycles. The number of nitrogens with one attached hydrogen (secondary N) is 1. The molecule has 3 aromatic rings. The molecule has 0 bridgehead atoms. The number of rotatable bonds is 8. The first kappa shape index (κ1) is 18.8. The number of benzene rings is 2. The number of carbonyl (C=O) groups is 1. The molecule has 26 heavy (non-hydrogen) atoms. The molecule has 1 amide bonds. The van der Waals surface area contributed by atoms with Crippen molar-refractivity contribution in [1.82, 2.24) is 5.32 Å². The van der Waals surface area contributed by atoms with Gasteiger partial charge in [-0.1, -0.05) is 41.9 Å². The summed E-state index contributed by atoms with van der Waals surface area (Å²) in [5.41, 5.74) is 7.10. The van der Waals surface area contributed by atoms with Crippen LogP contribution in [0.1, 0.15) is 29.0 Å². The molecule has 0 aliphatic heterocycles. The smallest absolute Gasteiger partial charge is 0.287 e. The molecule has 2 aromatic carbocycles. The van der Waals surface area contributed by atoms with Crippen LogP contribution in [0.3, 0.4) is 0 Å². The number of carbonyl (C=O) groups excluding carboxylic acids is 1. The Morgan fingerprint density at radius 2 is 1.88 bits per heavy atom. The van der Waals surface area contributed by atoms with Crippen LogP contribution < -0.4 is 11.1 Å². The number of unbranched alkanes of at least 4 members (excludes halogenated alkanes) is 1. The van der Waals surface area contributed by atoms with E-state index < -0.39 is 0 Å². The molecule has 4 nitrogen and oxygen atoms in total. The number of hydrogen-bond donors (Lipinski definition) is 2. The van der Waals surface area contributed by atoms with E-state index in [1.807, 2.05) is 48.5 Å². The normalized spacial score (nSPS) is 11.0. The lowest BCUT2D eigenvalue weighted by molar-refractivity contribution is 0.0926. The predicted molar refractivity (Wildman–Crippen MR) is 108 cm³/mol. The molecular formula is C20H21ClN2O2S. The summed E-state index contributed by atoms with van der Waals surface area (Å²) in [7, 11) is 0. The van der Waals surface area contributed by atoms with E-state index in [0.29, 0.717) is 29.6 Å². The second kappa shape index (κ2) is 9.12. The third-order valence-electron chi connectivity index (χ3n) is 4.03. The minimum atomic E-state index is -0.187. The molecule has 0 spiro atoms. The van der Waals surface area contributed by atoms with Gasteiger partial charge in [-0.3, -0.25) is 4.79 Å². The molecule has 136 valence electrons. The van der Waals surface area contributed by atoms with Crippen molar-refractivity contribution in [3.05, 3.63) is 64.9 Å². The Hall–Kier alpha value is -1.95. The summed E-state index contributed by atoms with van der Waals surface area (Å²) < 4.78 is 5.85. The monoisotopic (exact) mass is 388 g/mol. The van der Waals surface area contributed by atoms with Crippen molar-refractivity contribution in [2.24, 2.45) is 5.73 Å². The van der Waals surface area contributed by atoms with E-state index in [1.165, 1.54) is 0 Å². The zero-order valence-electron chi connectivity index (χ0n) is 14.3. The van der Waals surface area contributed by atoms with Crippen LogP contribution in [-0.2, 0) is 5.75 Å². The molecule has 6 heteroatoms. The lowest BCUT2D eigenvalue weighted by Gasteiger charge is -2.06. The van der Waals surface area contributed by atoms with Crippen molar-refractivity contribution in [3.63, 3.8) is 0 Å². The summed E-state index contributed by atoms with van der Waals surface area (Å²) in [5.74, 6) is 0.790. The van der Waals surface area contributed by atoms with Crippen molar-refractivity contribution >= 4 is 40.2 Å². The fraction of sp³-hybridized carbons (Fsp3) is 0.250. The Labute approximate surface area is 162 Å². The number of furan rings is 1. The van der Waals surface area contributed by atoms with Gasteiger partial charge in [0.25, 0.3) is 5.91 Å². The van der Waals surface area contributed by atoms with E-state index in [9.17, 15) is 4.79 Å². The molecule has 0 aliphatic carbocycles. The number of thioether (sulfide) groups is 1. The fourth-order valence-corrected chi connectivity index (χ4v) is 3.96. The van der Waals surface area contributed by atoms with Gasteiger partial charge in [0.1, 0.15) is 5.58 Å². The standard InChI is InChI=1S/C20H21ClN2O2S/c21-16-8-2-4-10-18(16)26-13-15-14-7-1-3-9-17(14)25-19(15)20(24)23-12-6-5-11-22/h1-4,7-10H,5-6,11-13,22H2,(H,23,24). The van der Waals surface area contributed by atoms with E-state index in [2.05, 4.69) is 5.32 Å². The van der Waals surface area contributed by atoms with Crippen LogP contribution in [-0.4, -0.2) is 19.0 Å². The Morgan fingerprint density at radius 1 is 1.12 bits per heavy atom. The molecule has 3 rings (SSSR count). The van der Waals surface area contributed by atoms with Crippen LogP contribution >= 0.6 is 23.4 Å². The first-order valence-electron chi connectivity index (χ1n) is 8.56. The third-order valence-corrected chi connectivity index (χ3v) is 5.57. The van der Waals surface area contributed by atoms with Gasteiger partial charge in [0.2, 0.25) is 0 Å². The second-order valence-corrected chi connectivity index (χ2v) is 7.30. The van der Waals surface area contributed by atoms with Gasteiger partial charge in [0, 0.05) is 28.1 Å². The van der Waals surface area contributed by atoms with Crippen molar-refractivity contribution in [1.29, 1.82) is 0 Å². The third kappa shape index (κ3) is 4.41. The van der Waals surface area contributed by atoms with Crippen LogP contribution in [0.15, 0.2) is 57.8 Å². The maximum atomic E-state index is 12.6. The largest absolute Gasteiger partial charge is 0.451 e. The van der Waals surface area contributed by atoms with E-state index in [4.69, 9.17) is 21.8 Å². The molecule has 0 radical (unpaired) electrons. The van der Waals surface area contributed by atoms with Gasteiger partial charge in [-0.15, -0.1) is 11.8 Å². The second-order valence-electron chi connectivity index (χ2n) is 5.88. The SMILES string of the molecule is NCCCCNC(=O)c1oc2ccccc2c1CSc1ccccc1Cl. The number of para-hydroxylation sites is 1. The highest BCUT2D eigenvalue weighted by atomic mass is 35.5. The highest BCUT2D eigenvalue weighted by Gasteiger charge is 2.20. The van der Waals surface area contributed by atoms with Gasteiger partial charge >= 0.3 is 0 Å². The lowest BCUT2D eigenvalue weighted by Crippen LogP contribution is -2.25. The Balaban J connectivity index is 1.82. The zero-order chi connectivity index (χ0) is 18.4. The van der Waals surface area contributed by atoms with Crippen LogP contribution in [0, 0.1) is 0 Å². The van der Waals surface area contributed by atoms with Crippen molar-refractivity contribution < 1.29 is 9.21 Å². The van der Waals surface area contributed by atoms with E-state index in [0.717, 1.165) is 34.3 Å². The predicted octanol–water partition coefficient (Wildman–Crippen LogP) is 4.85. The molecule has 3 N–H and O–H groups in total. The average molecular weight is 389 g/mol. The highest BCUT2D eigenvalue weighted by Crippen LogP contribution is 2.34. The molecule has 1 heterocycles. The summed E-state index contributed by atoms with van der Waals surface area (Å²) in [6.45, 7) is 1.21. The Kier molecular flexibility index (Phi) is 6.61. The summed E-state index contributed by atoms with van der Waals surface area (Å²) in [5, 5.41) is 4.59. The molecular weight excluding hydrogens is 368 g/mol. The quantitative estimate of drug-likeness (QED) is 0.427. The molecule has 0 atom stereocenters. The highest BCUT2D eigenvalue weighted by molar-refractivity contribution is 7.98. The van der Waals surface area contributed by atoms with Gasteiger partial charge in [-0.05, 0) is 37.6 Å². The summed E-state index contributed by atoms with van der Waals surface area (Å²) in [4.78, 5) is 13.6. The van der Waals surface area contributed by atoms with Gasteiger partial charge < -0.3 is 15.5 Å². The number of hydrogen-bond acceptors (Lipinski definition) is 4.